The van der Waals surface area contributed by atoms with Crippen LogP contribution in [0, 0.1) is 6.92 Å². The molecule has 148 valence electrons. The third-order valence-corrected chi connectivity index (χ3v) is 5.23. The molecule has 1 aromatic carbocycles. The number of hydrogen-bond acceptors (Lipinski definition) is 6. The van der Waals surface area contributed by atoms with Crippen LogP contribution in [0.5, 0.6) is 0 Å². The minimum absolute atomic E-state index is 0.00520. The highest BCUT2D eigenvalue weighted by atomic mass is 16.2. The number of aromatic nitrogens is 6. The van der Waals surface area contributed by atoms with Crippen molar-refractivity contribution in [1.82, 2.24) is 34.7 Å². The van der Waals surface area contributed by atoms with Crippen LogP contribution in [-0.4, -0.2) is 47.9 Å². The van der Waals surface area contributed by atoms with Crippen molar-refractivity contribution >= 4 is 28.4 Å². The molecule has 1 aliphatic rings. The van der Waals surface area contributed by atoms with Crippen molar-refractivity contribution in [2.45, 2.75) is 32.2 Å². The number of carbonyl (C=O) groups excluding carboxylic acids is 1. The first-order valence-electron chi connectivity index (χ1n) is 9.79. The summed E-state index contributed by atoms with van der Waals surface area (Å²) in [4.78, 5) is 22.0. The van der Waals surface area contributed by atoms with Crippen molar-refractivity contribution in [3.63, 3.8) is 0 Å². The van der Waals surface area contributed by atoms with Crippen molar-refractivity contribution < 1.29 is 4.79 Å². The van der Waals surface area contributed by atoms with E-state index in [0.717, 1.165) is 41.3 Å². The van der Waals surface area contributed by atoms with E-state index >= 15 is 0 Å². The minimum Gasteiger partial charge on any atom is -0.354 e. The molecule has 29 heavy (non-hydrogen) atoms. The molecule has 4 heterocycles. The van der Waals surface area contributed by atoms with Crippen LogP contribution >= 0.6 is 0 Å². The normalized spacial score (nSPS) is 17.4. The van der Waals surface area contributed by atoms with Gasteiger partial charge in [0.05, 0.1) is 17.3 Å². The summed E-state index contributed by atoms with van der Waals surface area (Å²) in [5.74, 6) is 1.08. The average Bonchev–Trinajstić information content (AvgIpc) is 3.27. The van der Waals surface area contributed by atoms with Crippen LogP contribution in [0.2, 0.25) is 0 Å². The van der Waals surface area contributed by atoms with Crippen LogP contribution in [-0.2, 0) is 11.8 Å². The first-order chi connectivity index (χ1) is 14.1. The molecule has 0 bridgehead atoms. The predicted octanol–water partition coefficient (Wildman–Crippen LogP) is 2.07. The molecule has 0 radical (unpaired) electrons. The van der Waals surface area contributed by atoms with E-state index < -0.39 is 0 Å². The minimum atomic E-state index is -0.346. The molecule has 2 N–H and O–H groups in total. The molecular weight excluding hydrogens is 368 g/mol. The topological polar surface area (TPSA) is 102 Å². The summed E-state index contributed by atoms with van der Waals surface area (Å²) < 4.78 is 3.41. The van der Waals surface area contributed by atoms with Gasteiger partial charge in [0.25, 0.3) is 0 Å². The molecule has 4 aromatic rings. The molecule has 1 saturated heterocycles. The zero-order valence-electron chi connectivity index (χ0n) is 16.4. The molecule has 9 heteroatoms. The second-order valence-corrected chi connectivity index (χ2v) is 7.51. The van der Waals surface area contributed by atoms with Gasteiger partial charge in [0.1, 0.15) is 6.04 Å². The van der Waals surface area contributed by atoms with Crippen LogP contribution < -0.4 is 10.6 Å². The SMILES string of the molecule is Cc1ccc2c(c1)nc(N[C@@H]1CCCCNC1=O)n1nc(-c3cnn(C)c3)nc21. The van der Waals surface area contributed by atoms with E-state index in [-0.39, 0.29) is 11.9 Å². The van der Waals surface area contributed by atoms with Crippen molar-refractivity contribution in [2.24, 2.45) is 7.05 Å². The second-order valence-electron chi connectivity index (χ2n) is 7.51. The summed E-state index contributed by atoms with van der Waals surface area (Å²) in [7, 11) is 1.86. The zero-order valence-corrected chi connectivity index (χ0v) is 16.4. The highest BCUT2D eigenvalue weighted by Crippen LogP contribution is 2.25. The number of nitrogens with one attached hydrogen (secondary N) is 2. The van der Waals surface area contributed by atoms with Crippen LogP contribution in [0.15, 0.2) is 30.6 Å². The largest absolute Gasteiger partial charge is 0.354 e. The Bertz CT molecular complexity index is 1220. The Morgan fingerprint density at radius 1 is 1.24 bits per heavy atom. The molecule has 1 amide bonds. The summed E-state index contributed by atoms with van der Waals surface area (Å²) in [6, 6.07) is 5.72. The maximum absolute atomic E-state index is 12.4. The van der Waals surface area contributed by atoms with Gasteiger partial charge in [0.2, 0.25) is 11.9 Å². The molecule has 3 aromatic heterocycles. The lowest BCUT2D eigenvalue weighted by Crippen LogP contribution is -2.38. The summed E-state index contributed by atoms with van der Waals surface area (Å²) >= 11 is 0. The van der Waals surface area contributed by atoms with Crippen LogP contribution in [0.25, 0.3) is 27.9 Å². The van der Waals surface area contributed by atoms with Gasteiger partial charge in [-0.2, -0.15) is 9.61 Å². The van der Waals surface area contributed by atoms with Gasteiger partial charge in [0.15, 0.2) is 11.5 Å². The fourth-order valence-corrected chi connectivity index (χ4v) is 3.70. The van der Waals surface area contributed by atoms with E-state index in [2.05, 4.69) is 20.8 Å². The molecule has 1 atom stereocenters. The summed E-state index contributed by atoms with van der Waals surface area (Å²) in [5.41, 5.74) is 3.46. The van der Waals surface area contributed by atoms with Gasteiger partial charge in [-0.3, -0.25) is 9.48 Å². The number of aryl methyl sites for hydroxylation is 2. The van der Waals surface area contributed by atoms with Gasteiger partial charge in [-0.15, -0.1) is 5.10 Å². The Kier molecular flexibility index (Phi) is 4.15. The first-order valence-corrected chi connectivity index (χ1v) is 9.79. The number of anilines is 1. The first kappa shape index (κ1) is 17.6. The van der Waals surface area contributed by atoms with Crippen LogP contribution in [0.4, 0.5) is 5.95 Å². The number of fused-ring (bicyclic) bond motifs is 3. The molecule has 1 fully saturated rings. The van der Waals surface area contributed by atoms with E-state index in [1.807, 2.05) is 38.4 Å². The average molecular weight is 390 g/mol. The van der Waals surface area contributed by atoms with Crippen molar-refractivity contribution in [3.05, 3.63) is 36.2 Å². The summed E-state index contributed by atoms with van der Waals surface area (Å²) in [6.45, 7) is 2.74. The van der Waals surface area contributed by atoms with Crippen LogP contribution in [0.3, 0.4) is 0 Å². The molecule has 1 aliphatic heterocycles. The summed E-state index contributed by atoms with van der Waals surface area (Å²) in [5, 5.41) is 16.1. The van der Waals surface area contributed by atoms with Crippen LogP contribution in [0.1, 0.15) is 24.8 Å². The van der Waals surface area contributed by atoms with E-state index in [4.69, 9.17) is 9.97 Å². The summed E-state index contributed by atoms with van der Waals surface area (Å²) in [6.07, 6.45) is 6.33. The third kappa shape index (κ3) is 3.18. The smallest absolute Gasteiger partial charge is 0.242 e. The van der Waals surface area contributed by atoms with Gasteiger partial charge in [-0.05, 0) is 43.9 Å². The van der Waals surface area contributed by atoms with Gasteiger partial charge in [-0.1, -0.05) is 6.07 Å². The Morgan fingerprint density at radius 2 is 2.14 bits per heavy atom. The van der Waals surface area contributed by atoms with Gasteiger partial charge in [-0.25, -0.2) is 9.97 Å². The Morgan fingerprint density at radius 3 is 2.97 bits per heavy atom. The number of rotatable bonds is 3. The Balaban J connectivity index is 1.68. The van der Waals surface area contributed by atoms with Crippen molar-refractivity contribution in [2.75, 3.05) is 11.9 Å². The monoisotopic (exact) mass is 390 g/mol. The quantitative estimate of drug-likeness (QED) is 0.555. The lowest BCUT2D eigenvalue weighted by Gasteiger charge is -2.16. The van der Waals surface area contributed by atoms with E-state index in [1.54, 1.807) is 15.4 Å². The van der Waals surface area contributed by atoms with Gasteiger partial charge < -0.3 is 10.6 Å². The maximum atomic E-state index is 12.4. The second kappa shape index (κ2) is 6.84. The maximum Gasteiger partial charge on any atom is 0.242 e. The predicted molar refractivity (Wildman–Crippen MR) is 109 cm³/mol. The van der Waals surface area contributed by atoms with Crippen molar-refractivity contribution in [1.29, 1.82) is 0 Å². The molecular formula is C20H22N8O. The van der Waals surface area contributed by atoms with Crippen molar-refractivity contribution in [3.8, 4) is 11.4 Å². The molecule has 0 aliphatic carbocycles. The molecule has 0 spiro atoms. The standard InChI is InChI=1S/C20H22N8O/c1-12-6-7-14-16(9-12)24-20(23-15-5-3-4-8-21-19(15)29)28-18(14)25-17(26-28)13-10-22-27(2)11-13/h6-7,9-11,15H,3-5,8H2,1-2H3,(H,21,29)(H,23,24)/t15-/m1/s1. The third-order valence-electron chi connectivity index (χ3n) is 5.23. The fourth-order valence-electron chi connectivity index (χ4n) is 3.70. The van der Waals surface area contributed by atoms with E-state index in [0.29, 0.717) is 24.0 Å². The zero-order chi connectivity index (χ0) is 20.0. The highest BCUT2D eigenvalue weighted by molar-refractivity contribution is 5.93. The lowest BCUT2D eigenvalue weighted by molar-refractivity contribution is -0.121. The lowest BCUT2D eigenvalue weighted by atomic mass is 10.1. The number of carbonyl (C=O) groups is 1. The van der Waals surface area contributed by atoms with Gasteiger partial charge in [0, 0.05) is 25.2 Å². The fraction of sp³-hybridized carbons (Fsp3) is 0.350. The molecule has 0 saturated carbocycles. The van der Waals surface area contributed by atoms with E-state index in [1.165, 1.54) is 0 Å². The molecule has 9 nitrogen and oxygen atoms in total. The Labute approximate surface area is 167 Å². The van der Waals surface area contributed by atoms with E-state index in [9.17, 15) is 4.79 Å². The highest BCUT2D eigenvalue weighted by Gasteiger charge is 2.23. The Hall–Kier alpha value is -3.49. The number of benzene rings is 1. The number of hydrogen-bond donors (Lipinski definition) is 2. The number of amides is 1. The number of nitrogens with zero attached hydrogens (tertiary/aromatic N) is 6. The molecule has 5 rings (SSSR count). The molecule has 0 unspecified atom stereocenters. The van der Waals surface area contributed by atoms with Gasteiger partial charge >= 0.3 is 0 Å².